The van der Waals surface area contributed by atoms with Gasteiger partial charge in [0, 0.05) is 12.6 Å². The topological polar surface area (TPSA) is 57.7 Å². The molecule has 0 spiro atoms. The number of nitrogens with zero attached hydrogens (tertiary/aromatic N) is 2. The van der Waals surface area contributed by atoms with Crippen LogP contribution in [0.1, 0.15) is 12.5 Å². The summed E-state index contributed by atoms with van der Waals surface area (Å²) in [6, 6.07) is 16.0. The van der Waals surface area contributed by atoms with Crippen molar-refractivity contribution in [3.05, 3.63) is 60.2 Å². The number of anilines is 2. The third-order valence-corrected chi connectivity index (χ3v) is 4.81. The van der Waals surface area contributed by atoms with Crippen molar-refractivity contribution >= 4 is 40.2 Å². The molecule has 1 aliphatic rings. The first-order valence-electron chi connectivity index (χ1n) is 7.46. The summed E-state index contributed by atoms with van der Waals surface area (Å²) in [5, 5.41) is -1.27. The van der Waals surface area contributed by atoms with E-state index >= 15 is 0 Å². The molecule has 0 aromatic heterocycles. The quantitative estimate of drug-likeness (QED) is 0.857. The van der Waals surface area contributed by atoms with Crippen molar-refractivity contribution in [3.63, 3.8) is 0 Å². The van der Waals surface area contributed by atoms with E-state index in [0.29, 0.717) is 11.4 Å². The number of thioether (sulfide) groups is 1. The summed E-state index contributed by atoms with van der Waals surface area (Å²) in [6.07, 6.45) is 0. The van der Waals surface area contributed by atoms with E-state index < -0.39 is 11.3 Å². The molecule has 24 heavy (non-hydrogen) atoms. The van der Waals surface area contributed by atoms with Gasteiger partial charge < -0.3 is 0 Å². The Morgan fingerprint density at radius 2 is 1.67 bits per heavy atom. The zero-order valence-electron chi connectivity index (χ0n) is 13.3. The summed E-state index contributed by atoms with van der Waals surface area (Å²) in [7, 11) is 0. The van der Waals surface area contributed by atoms with Gasteiger partial charge in [0.25, 0.3) is 11.1 Å². The molecule has 2 aromatic rings. The lowest BCUT2D eigenvalue weighted by Gasteiger charge is -2.27. The number of amides is 3. The normalized spacial score (nSPS) is 17.2. The molecule has 122 valence electrons. The summed E-state index contributed by atoms with van der Waals surface area (Å²) in [6.45, 7) is 3.27. The highest BCUT2D eigenvalue weighted by Gasteiger charge is 2.45. The molecule has 3 rings (SSSR count). The number of hydrogen-bond acceptors (Lipinski definition) is 4. The van der Waals surface area contributed by atoms with E-state index in [1.165, 1.54) is 11.8 Å². The van der Waals surface area contributed by atoms with Crippen LogP contribution < -0.4 is 9.80 Å². The van der Waals surface area contributed by atoms with Crippen LogP contribution in [0.25, 0.3) is 0 Å². The van der Waals surface area contributed by atoms with Gasteiger partial charge in [0.2, 0.25) is 5.91 Å². The Balaban J connectivity index is 1.99. The van der Waals surface area contributed by atoms with Crippen molar-refractivity contribution in [2.45, 2.75) is 19.2 Å². The van der Waals surface area contributed by atoms with Crippen molar-refractivity contribution in [3.8, 4) is 0 Å². The van der Waals surface area contributed by atoms with Crippen LogP contribution in [0.2, 0.25) is 0 Å². The van der Waals surface area contributed by atoms with Crippen LogP contribution in [-0.2, 0) is 9.59 Å². The molecule has 0 saturated carbocycles. The fourth-order valence-corrected chi connectivity index (χ4v) is 3.73. The molecule has 2 aromatic carbocycles. The molecule has 1 atom stereocenters. The van der Waals surface area contributed by atoms with E-state index in [-0.39, 0.29) is 11.1 Å². The molecule has 0 radical (unpaired) electrons. The fourth-order valence-electron chi connectivity index (χ4n) is 2.67. The number of imide groups is 1. The van der Waals surface area contributed by atoms with Gasteiger partial charge in [0.15, 0.2) is 5.37 Å². The maximum atomic E-state index is 12.8. The van der Waals surface area contributed by atoms with Crippen molar-refractivity contribution < 1.29 is 14.4 Å². The second-order valence-electron chi connectivity index (χ2n) is 5.42. The summed E-state index contributed by atoms with van der Waals surface area (Å²) in [5.74, 6) is -0.687. The van der Waals surface area contributed by atoms with E-state index in [1.807, 2.05) is 25.1 Å². The summed E-state index contributed by atoms with van der Waals surface area (Å²) in [5.41, 5.74) is 2.01. The first-order valence-corrected chi connectivity index (χ1v) is 8.33. The first kappa shape index (κ1) is 16.3. The molecule has 3 amide bonds. The van der Waals surface area contributed by atoms with Gasteiger partial charge in [0.1, 0.15) is 0 Å². The number of aryl methyl sites for hydroxylation is 1. The van der Waals surface area contributed by atoms with Gasteiger partial charge in [-0.2, -0.15) is 0 Å². The molecule has 1 unspecified atom stereocenters. The highest BCUT2D eigenvalue weighted by molar-refractivity contribution is 8.16. The SMILES string of the molecule is CC(=O)N(c1ccccc1C)C1SC(=O)N(c2ccccc2)C1=O. The average molecular weight is 340 g/mol. The minimum absolute atomic E-state index is 0.280. The monoisotopic (exact) mass is 340 g/mol. The van der Waals surface area contributed by atoms with Gasteiger partial charge in [0.05, 0.1) is 5.69 Å². The van der Waals surface area contributed by atoms with E-state index in [2.05, 4.69) is 0 Å². The molecule has 0 aliphatic carbocycles. The second-order valence-corrected chi connectivity index (χ2v) is 6.45. The minimum Gasteiger partial charge on any atom is -0.290 e. The summed E-state index contributed by atoms with van der Waals surface area (Å²) >= 11 is 0.859. The Kier molecular flexibility index (Phi) is 4.40. The molecule has 5 nitrogen and oxygen atoms in total. The van der Waals surface area contributed by atoms with E-state index in [1.54, 1.807) is 36.4 Å². The molecular weight excluding hydrogens is 324 g/mol. The molecular formula is C18H16N2O3S. The average Bonchev–Trinajstić information content (AvgIpc) is 2.85. The second kappa shape index (κ2) is 6.49. The number of carbonyl (C=O) groups excluding carboxylic acids is 3. The minimum atomic E-state index is -0.892. The summed E-state index contributed by atoms with van der Waals surface area (Å²) in [4.78, 5) is 39.9. The number of benzene rings is 2. The van der Waals surface area contributed by atoms with Crippen molar-refractivity contribution in [2.75, 3.05) is 9.80 Å². The van der Waals surface area contributed by atoms with Gasteiger partial charge in [-0.05, 0) is 42.4 Å². The van der Waals surface area contributed by atoms with Crippen LogP contribution in [0.15, 0.2) is 54.6 Å². The third-order valence-electron chi connectivity index (χ3n) is 3.79. The lowest BCUT2D eigenvalue weighted by Crippen LogP contribution is -2.44. The van der Waals surface area contributed by atoms with Crippen molar-refractivity contribution in [2.24, 2.45) is 0 Å². The number of rotatable bonds is 3. The number of carbonyl (C=O) groups is 3. The number of hydrogen-bond donors (Lipinski definition) is 0. The van der Waals surface area contributed by atoms with Gasteiger partial charge >= 0.3 is 0 Å². The lowest BCUT2D eigenvalue weighted by molar-refractivity contribution is -0.121. The van der Waals surface area contributed by atoms with Crippen LogP contribution in [0.5, 0.6) is 0 Å². The van der Waals surface area contributed by atoms with Crippen LogP contribution in [0, 0.1) is 6.92 Å². The fraction of sp³-hybridized carbons (Fsp3) is 0.167. The van der Waals surface area contributed by atoms with E-state index in [4.69, 9.17) is 0 Å². The van der Waals surface area contributed by atoms with Crippen molar-refractivity contribution in [1.29, 1.82) is 0 Å². The largest absolute Gasteiger partial charge is 0.295 e. The first-order chi connectivity index (χ1) is 11.5. The zero-order chi connectivity index (χ0) is 17.3. The van der Waals surface area contributed by atoms with Crippen molar-refractivity contribution in [1.82, 2.24) is 0 Å². The molecule has 6 heteroatoms. The Labute approximate surface area is 144 Å². The van der Waals surface area contributed by atoms with Gasteiger partial charge in [-0.1, -0.05) is 36.4 Å². The molecule has 1 heterocycles. The van der Waals surface area contributed by atoms with Crippen LogP contribution in [0.3, 0.4) is 0 Å². The predicted molar refractivity (Wildman–Crippen MR) is 95.0 cm³/mol. The van der Waals surface area contributed by atoms with Crippen LogP contribution in [0.4, 0.5) is 16.2 Å². The summed E-state index contributed by atoms with van der Waals surface area (Å²) < 4.78 is 0. The lowest BCUT2D eigenvalue weighted by atomic mass is 10.1. The maximum Gasteiger partial charge on any atom is 0.295 e. The van der Waals surface area contributed by atoms with E-state index in [9.17, 15) is 14.4 Å². The van der Waals surface area contributed by atoms with Crippen LogP contribution in [-0.4, -0.2) is 22.4 Å². The Morgan fingerprint density at radius 1 is 1.04 bits per heavy atom. The van der Waals surface area contributed by atoms with E-state index in [0.717, 1.165) is 22.2 Å². The highest BCUT2D eigenvalue weighted by Crippen LogP contribution is 2.36. The maximum absolute atomic E-state index is 12.8. The molecule has 1 fully saturated rings. The van der Waals surface area contributed by atoms with Gasteiger partial charge in [-0.3, -0.25) is 19.3 Å². The standard InChI is InChI=1S/C18H16N2O3S/c1-12-8-6-7-11-15(12)19(13(2)21)17-16(22)20(18(23)24-17)14-9-4-3-5-10-14/h3-11,17H,1-2H3. The van der Waals surface area contributed by atoms with Gasteiger partial charge in [-0.15, -0.1) is 0 Å². The smallest absolute Gasteiger partial charge is 0.290 e. The molecule has 0 N–H and O–H groups in total. The van der Waals surface area contributed by atoms with Crippen LogP contribution >= 0.6 is 11.8 Å². The van der Waals surface area contributed by atoms with Gasteiger partial charge in [-0.25, -0.2) is 4.90 Å². The number of para-hydroxylation sites is 2. The Bertz CT molecular complexity index is 807. The molecule has 1 saturated heterocycles. The predicted octanol–water partition coefficient (Wildman–Crippen LogP) is 3.57. The third kappa shape index (κ3) is 2.80. The zero-order valence-corrected chi connectivity index (χ0v) is 14.1. The Morgan fingerprint density at radius 3 is 2.29 bits per heavy atom. The Hall–Kier alpha value is -2.60. The highest BCUT2D eigenvalue weighted by atomic mass is 32.2. The molecule has 0 bridgehead atoms. The molecule has 1 aliphatic heterocycles.